The summed E-state index contributed by atoms with van der Waals surface area (Å²) in [5.74, 6) is -2.96. The highest BCUT2D eigenvalue weighted by Gasteiger charge is 2.55. The van der Waals surface area contributed by atoms with E-state index in [-0.39, 0.29) is 19.4 Å². The van der Waals surface area contributed by atoms with Crippen LogP contribution >= 0.6 is 0 Å². The first-order valence-corrected chi connectivity index (χ1v) is 2.65. The average molecular weight is 122 g/mol. The van der Waals surface area contributed by atoms with Gasteiger partial charge in [-0.3, -0.25) is 0 Å². The second-order valence-electron chi connectivity index (χ2n) is 2.17. The molecule has 1 rings (SSSR count). The van der Waals surface area contributed by atoms with E-state index in [0.29, 0.717) is 0 Å². The highest BCUT2D eigenvalue weighted by atomic mass is 19.3. The second kappa shape index (κ2) is 1.65. The Balaban J connectivity index is 2.17. The van der Waals surface area contributed by atoms with E-state index in [1.165, 1.54) is 0 Å². The molecule has 1 aliphatic carbocycles. The maximum atomic E-state index is 11.9. The molecule has 0 aromatic rings. The van der Waals surface area contributed by atoms with Gasteiger partial charge in [-0.2, -0.15) is 0 Å². The smallest absolute Gasteiger partial charge is 0.251 e. The first-order chi connectivity index (χ1) is 3.67. The van der Waals surface area contributed by atoms with Crippen LogP contribution in [0.1, 0.15) is 12.8 Å². The predicted molar refractivity (Wildman–Crippen MR) is 24.8 cm³/mol. The van der Waals surface area contributed by atoms with Crippen LogP contribution in [0.25, 0.3) is 0 Å². The Bertz CT molecular complexity index is 92.4. The van der Waals surface area contributed by atoms with Gasteiger partial charge in [0.1, 0.15) is 0 Å². The molecule has 3 heteroatoms. The van der Waals surface area contributed by atoms with Gasteiger partial charge in [-0.05, 0) is 6.42 Å². The topological polar surface area (TPSA) is 20.2 Å². The van der Waals surface area contributed by atoms with Crippen LogP contribution in [-0.4, -0.2) is 17.6 Å². The number of hydrogen-bond donors (Lipinski definition) is 1. The Morgan fingerprint density at radius 2 is 2.12 bits per heavy atom. The minimum atomic E-state index is -2.44. The van der Waals surface area contributed by atoms with E-state index in [9.17, 15) is 8.78 Å². The first-order valence-electron chi connectivity index (χ1n) is 2.65. The molecule has 1 N–H and O–H groups in total. The summed E-state index contributed by atoms with van der Waals surface area (Å²) in [5.41, 5.74) is 0. The van der Waals surface area contributed by atoms with Crippen molar-refractivity contribution in [2.45, 2.75) is 18.8 Å². The highest BCUT2D eigenvalue weighted by molar-refractivity contribution is 4.94. The molecule has 0 amide bonds. The van der Waals surface area contributed by atoms with Gasteiger partial charge in [0.2, 0.25) is 0 Å². The van der Waals surface area contributed by atoms with Gasteiger partial charge in [-0.15, -0.1) is 0 Å². The van der Waals surface area contributed by atoms with Crippen LogP contribution in [0.15, 0.2) is 0 Å². The maximum Gasteiger partial charge on any atom is 0.251 e. The second-order valence-corrected chi connectivity index (χ2v) is 2.17. The SMILES string of the molecule is OCC[C@H]1CC1(F)F. The number of alkyl halides is 2. The Kier molecular flexibility index (Phi) is 1.23. The van der Waals surface area contributed by atoms with Gasteiger partial charge in [-0.1, -0.05) is 0 Å². The lowest BCUT2D eigenvalue weighted by Crippen LogP contribution is -1.95. The molecule has 1 saturated carbocycles. The Labute approximate surface area is 46.3 Å². The van der Waals surface area contributed by atoms with Gasteiger partial charge in [0.05, 0.1) is 0 Å². The zero-order chi connectivity index (χ0) is 6.20. The molecule has 1 nitrogen and oxygen atoms in total. The molecule has 1 aliphatic rings. The molecule has 0 spiro atoms. The van der Waals surface area contributed by atoms with Crippen molar-refractivity contribution in [3.8, 4) is 0 Å². The minimum Gasteiger partial charge on any atom is -0.396 e. The summed E-state index contributed by atoms with van der Waals surface area (Å²) < 4.78 is 23.7. The molecule has 48 valence electrons. The van der Waals surface area contributed by atoms with E-state index in [0.717, 1.165) is 0 Å². The normalized spacial score (nSPS) is 32.6. The Morgan fingerprint density at radius 1 is 1.62 bits per heavy atom. The van der Waals surface area contributed by atoms with Gasteiger partial charge < -0.3 is 5.11 Å². The van der Waals surface area contributed by atoms with Gasteiger partial charge in [0, 0.05) is 18.9 Å². The number of aliphatic hydroxyl groups excluding tert-OH is 1. The molecule has 0 aromatic heterocycles. The standard InChI is InChI=1S/C5H8F2O/c6-5(7)3-4(5)1-2-8/h4,8H,1-3H2/t4-/m0/s1. The summed E-state index contributed by atoms with van der Waals surface area (Å²) in [6.07, 6.45) is 0.237. The molecule has 0 bridgehead atoms. The van der Waals surface area contributed by atoms with Gasteiger partial charge in [0.25, 0.3) is 5.92 Å². The fraction of sp³-hybridized carbons (Fsp3) is 1.00. The Hall–Kier alpha value is -0.180. The summed E-state index contributed by atoms with van der Waals surface area (Å²) in [7, 11) is 0. The molecule has 8 heavy (non-hydrogen) atoms. The lowest BCUT2D eigenvalue weighted by atomic mass is 10.3. The number of halogens is 2. The summed E-state index contributed by atoms with van der Waals surface area (Å²) in [6, 6.07) is 0. The molecule has 0 aliphatic heterocycles. The molecule has 0 radical (unpaired) electrons. The van der Waals surface area contributed by atoms with E-state index in [1.54, 1.807) is 0 Å². The predicted octanol–water partition coefficient (Wildman–Crippen LogP) is 1.02. The van der Waals surface area contributed by atoms with Crippen molar-refractivity contribution in [2.24, 2.45) is 5.92 Å². The van der Waals surface area contributed by atoms with Crippen LogP contribution in [0.4, 0.5) is 8.78 Å². The molecule has 0 heterocycles. The fourth-order valence-electron chi connectivity index (χ4n) is 0.739. The van der Waals surface area contributed by atoms with Crippen LogP contribution in [0, 0.1) is 5.92 Å². The fourth-order valence-corrected chi connectivity index (χ4v) is 0.739. The van der Waals surface area contributed by atoms with Crippen molar-refractivity contribution < 1.29 is 13.9 Å². The summed E-state index contributed by atoms with van der Waals surface area (Å²) in [4.78, 5) is 0. The maximum absolute atomic E-state index is 11.9. The molecular weight excluding hydrogens is 114 g/mol. The van der Waals surface area contributed by atoms with Crippen LogP contribution in [0.2, 0.25) is 0 Å². The van der Waals surface area contributed by atoms with Crippen LogP contribution in [0.5, 0.6) is 0 Å². The molecule has 0 aromatic carbocycles. The van der Waals surface area contributed by atoms with Crippen molar-refractivity contribution in [1.29, 1.82) is 0 Å². The van der Waals surface area contributed by atoms with Crippen molar-refractivity contribution in [3.63, 3.8) is 0 Å². The van der Waals surface area contributed by atoms with Crippen molar-refractivity contribution in [2.75, 3.05) is 6.61 Å². The minimum absolute atomic E-state index is 0.0203. The van der Waals surface area contributed by atoms with E-state index in [4.69, 9.17) is 5.11 Å². The van der Waals surface area contributed by atoms with Crippen molar-refractivity contribution in [1.82, 2.24) is 0 Å². The lowest BCUT2D eigenvalue weighted by molar-refractivity contribution is 0.0918. The molecular formula is C5H8F2O. The molecule has 0 saturated heterocycles. The molecule has 1 atom stereocenters. The summed E-state index contributed by atoms with van der Waals surface area (Å²) in [6.45, 7) is -0.111. The van der Waals surface area contributed by atoms with Crippen molar-refractivity contribution in [3.05, 3.63) is 0 Å². The third kappa shape index (κ3) is 0.968. The summed E-state index contributed by atoms with van der Waals surface area (Å²) >= 11 is 0. The van der Waals surface area contributed by atoms with Crippen molar-refractivity contribution >= 4 is 0 Å². The van der Waals surface area contributed by atoms with Crippen LogP contribution < -0.4 is 0 Å². The largest absolute Gasteiger partial charge is 0.396 e. The zero-order valence-corrected chi connectivity index (χ0v) is 4.40. The average Bonchev–Trinajstić information content (AvgIpc) is 2.15. The van der Waals surface area contributed by atoms with Crippen LogP contribution in [-0.2, 0) is 0 Å². The first kappa shape index (κ1) is 5.95. The monoisotopic (exact) mass is 122 g/mol. The highest BCUT2D eigenvalue weighted by Crippen LogP contribution is 2.50. The van der Waals surface area contributed by atoms with Crippen LogP contribution in [0.3, 0.4) is 0 Å². The lowest BCUT2D eigenvalue weighted by Gasteiger charge is -1.90. The molecule has 1 fully saturated rings. The number of aliphatic hydroxyl groups is 1. The molecule has 0 unspecified atom stereocenters. The van der Waals surface area contributed by atoms with E-state index in [1.807, 2.05) is 0 Å². The van der Waals surface area contributed by atoms with E-state index < -0.39 is 11.8 Å². The van der Waals surface area contributed by atoms with Gasteiger partial charge in [-0.25, -0.2) is 8.78 Å². The number of rotatable bonds is 2. The quantitative estimate of drug-likeness (QED) is 0.579. The Morgan fingerprint density at radius 3 is 2.25 bits per heavy atom. The number of hydrogen-bond acceptors (Lipinski definition) is 1. The van der Waals surface area contributed by atoms with Gasteiger partial charge >= 0.3 is 0 Å². The zero-order valence-electron chi connectivity index (χ0n) is 4.40. The summed E-state index contributed by atoms with van der Waals surface area (Å²) in [5, 5.41) is 8.18. The third-order valence-corrected chi connectivity index (χ3v) is 1.43. The van der Waals surface area contributed by atoms with Gasteiger partial charge in [0.15, 0.2) is 0 Å². The van der Waals surface area contributed by atoms with E-state index in [2.05, 4.69) is 0 Å². The van der Waals surface area contributed by atoms with E-state index >= 15 is 0 Å². The third-order valence-electron chi connectivity index (χ3n) is 1.43.